The Morgan fingerprint density at radius 1 is 1.47 bits per heavy atom. The van der Waals surface area contributed by atoms with Gasteiger partial charge in [0.15, 0.2) is 9.84 Å². The first-order valence-electron chi connectivity index (χ1n) is 5.07. The second kappa shape index (κ2) is 5.26. The summed E-state index contributed by atoms with van der Waals surface area (Å²) in [6.07, 6.45) is -1.32. The van der Waals surface area contributed by atoms with Crippen LogP contribution in [-0.2, 0) is 9.84 Å². The summed E-state index contributed by atoms with van der Waals surface area (Å²) in [4.78, 5) is 0. The molecule has 0 bridgehead atoms. The van der Waals surface area contributed by atoms with Crippen LogP contribution in [0.3, 0.4) is 0 Å². The van der Waals surface area contributed by atoms with Crippen molar-refractivity contribution in [2.24, 2.45) is 0 Å². The molecule has 0 aliphatic rings. The van der Waals surface area contributed by atoms with Crippen LogP contribution in [0.1, 0.15) is 24.2 Å². The Kier molecular flexibility index (Phi) is 4.63. The van der Waals surface area contributed by atoms with Crippen molar-refractivity contribution in [2.75, 3.05) is 5.75 Å². The van der Waals surface area contributed by atoms with Gasteiger partial charge in [0.05, 0.1) is 5.75 Å². The average Bonchev–Trinajstić information content (AvgIpc) is 2.28. The monoisotopic (exact) mass is 340 g/mol. The van der Waals surface area contributed by atoms with E-state index in [9.17, 15) is 13.5 Å². The summed E-state index contributed by atoms with van der Waals surface area (Å²) in [5.74, 6) is -0.148. The number of sulfone groups is 1. The minimum Gasteiger partial charge on any atom is -0.385 e. The predicted molar refractivity (Wildman–Crippen MR) is 73.1 cm³/mol. The molecule has 1 aromatic rings. The van der Waals surface area contributed by atoms with E-state index in [2.05, 4.69) is 15.9 Å². The molecule has 1 rings (SSSR count). The number of alkyl halides is 2. The van der Waals surface area contributed by atoms with Crippen molar-refractivity contribution in [1.82, 2.24) is 0 Å². The summed E-state index contributed by atoms with van der Waals surface area (Å²) in [5.41, 5.74) is 1.28. The maximum atomic E-state index is 11.8. The standard InChI is InChI=1S/C11H14BrClO3S/c1-3-17(15,16)11(12,13)10(14)9-7-5-4-6-8(9)2/h4-7,10,14H,3H2,1-2H3/t10-,11+/m0/s1. The molecular formula is C11H14BrClO3S. The van der Waals surface area contributed by atoms with Gasteiger partial charge in [0, 0.05) is 0 Å². The van der Waals surface area contributed by atoms with Crippen LogP contribution in [0.15, 0.2) is 24.3 Å². The number of aryl methyl sites for hydroxylation is 1. The van der Waals surface area contributed by atoms with E-state index in [4.69, 9.17) is 11.6 Å². The molecule has 0 heterocycles. The number of rotatable bonds is 4. The number of hydrogen-bond donors (Lipinski definition) is 1. The van der Waals surface area contributed by atoms with Gasteiger partial charge in [-0.3, -0.25) is 0 Å². The van der Waals surface area contributed by atoms with Crippen molar-refractivity contribution in [3.63, 3.8) is 0 Å². The van der Waals surface area contributed by atoms with Crippen molar-refractivity contribution < 1.29 is 13.5 Å². The van der Waals surface area contributed by atoms with Crippen LogP contribution in [0.4, 0.5) is 0 Å². The van der Waals surface area contributed by atoms with Gasteiger partial charge in [0.2, 0.25) is 3.12 Å². The second-order valence-electron chi connectivity index (χ2n) is 3.72. The lowest BCUT2D eigenvalue weighted by Crippen LogP contribution is -2.34. The van der Waals surface area contributed by atoms with Crippen molar-refractivity contribution in [3.8, 4) is 0 Å². The van der Waals surface area contributed by atoms with Gasteiger partial charge in [-0.1, -0.05) is 42.8 Å². The smallest absolute Gasteiger partial charge is 0.229 e. The summed E-state index contributed by atoms with van der Waals surface area (Å²) < 4.78 is 21.7. The van der Waals surface area contributed by atoms with Crippen LogP contribution in [0.25, 0.3) is 0 Å². The zero-order valence-corrected chi connectivity index (χ0v) is 12.7. The van der Waals surface area contributed by atoms with E-state index in [1.807, 2.05) is 6.07 Å². The van der Waals surface area contributed by atoms with Crippen molar-refractivity contribution in [2.45, 2.75) is 23.1 Å². The highest BCUT2D eigenvalue weighted by molar-refractivity contribution is 9.12. The maximum Gasteiger partial charge on any atom is 0.229 e. The molecule has 6 heteroatoms. The Bertz CT molecular complexity index is 499. The Morgan fingerprint density at radius 2 is 2.00 bits per heavy atom. The number of aliphatic hydroxyl groups is 1. The Balaban J connectivity index is 3.23. The van der Waals surface area contributed by atoms with Gasteiger partial charge in [-0.05, 0) is 34.0 Å². The van der Waals surface area contributed by atoms with E-state index >= 15 is 0 Å². The predicted octanol–water partition coefficient (Wildman–Crippen LogP) is 2.75. The van der Waals surface area contributed by atoms with Gasteiger partial charge in [0.1, 0.15) is 6.10 Å². The molecule has 96 valence electrons. The van der Waals surface area contributed by atoms with Gasteiger partial charge in [0.25, 0.3) is 0 Å². The molecule has 2 atom stereocenters. The summed E-state index contributed by atoms with van der Waals surface area (Å²) in [5, 5.41) is 10.1. The van der Waals surface area contributed by atoms with E-state index in [0.29, 0.717) is 5.56 Å². The molecule has 0 saturated heterocycles. The molecule has 0 amide bonds. The highest BCUT2D eigenvalue weighted by Crippen LogP contribution is 2.43. The van der Waals surface area contributed by atoms with Crippen LogP contribution >= 0.6 is 27.5 Å². The van der Waals surface area contributed by atoms with Gasteiger partial charge < -0.3 is 5.11 Å². The molecule has 1 N–H and O–H groups in total. The number of halogens is 2. The highest BCUT2D eigenvalue weighted by atomic mass is 79.9. The van der Waals surface area contributed by atoms with Gasteiger partial charge in [-0.25, -0.2) is 8.42 Å². The van der Waals surface area contributed by atoms with E-state index in [0.717, 1.165) is 5.56 Å². The zero-order valence-electron chi connectivity index (χ0n) is 9.52. The average molecular weight is 342 g/mol. The maximum absolute atomic E-state index is 11.8. The first-order valence-corrected chi connectivity index (χ1v) is 7.90. The fraction of sp³-hybridized carbons (Fsp3) is 0.455. The van der Waals surface area contributed by atoms with Crippen molar-refractivity contribution in [3.05, 3.63) is 35.4 Å². The highest BCUT2D eigenvalue weighted by Gasteiger charge is 2.46. The van der Waals surface area contributed by atoms with Crippen LogP contribution in [-0.4, -0.2) is 22.4 Å². The largest absolute Gasteiger partial charge is 0.385 e. The molecule has 0 unspecified atom stereocenters. The lowest BCUT2D eigenvalue weighted by atomic mass is 10.0. The molecule has 0 aliphatic carbocycles. The summed E-state index contributed by atoms with van der Waals surface area (Å²) in [6, 6.07) is 6.98. The third-order valence-electron chi connectivity index (χ3n) is 2.60. The third-order valence-corrected chi connectivity index (χ3v) is 7.23. The SMILES string of the molecule is CCS(=O)(=O)[C@@](Cl)(Br)[C@@H](O)c1ccccc1C. The molecule has 0 saturated carbocycles. The van der Waals surface area contributed by atoms with E-state index in [1.165, 1.54) is 6.92 Å². The normalized spacial score (nSPS) is 17.5. The van der Waals surface area contributed by atoms with Crippen LogP contribution < -0.4 is 0 Å². The summed E-state index contributed by atoms with van der Waals surface area (Å²) in [7, 11) is -3.63. The molecule has 0 spiro atoms. The third kappa shape index (κ3) is 2.84. The molecule has 0 aliphatic heterocycles. The van der Waals surface area contributed by atoms with Crippen LogP contribution in [0.2, 0.25) is 0 Å². The lowest BCUT2D eigenvalue weighted by molar-refractivity contribution is 0.184. The first-order chi connectivity index (χ1) is 7.74. The van der Waals surface area contributed by atoms with Crippen molar-refractivity contribution >= 4 is 37.4 Å². The molecule has 1 aromatic carbocycles. The number of hydrogen-bond acceptors (Lipinski definition) is 3. The molecule has 3 nitrogen and oxygen atoms in total. The first kappa shape index (κ1) is 15.0. The number of benzene rings is 1. The summed E-state index contributed by atoms with van der Waals surface area (Å²) >= 11 is 8.89. The second-order valence-corrected chi connectivity index (χ2v) is 9.23. The van der Waals surface area contributed by atoms with E-state index < -0.39 is 19.1 Å². The Labute approximate surface area is 115 Å². The summed E-state index contributed by atoms with van der Waals surface area (Å²) in [6.45, 7) is 3.27. The minimum atomic E-state index is -3.63. The van der Waals surface area contributed by atoms with E-state index in [-0.39, 0.29) is 5.75 Å². The Morgan fingerprint density at radius 3 is 2.47 bits per heavy atom. The zero-order chi connectivity index (χ0) is 13.3. The number of aliphatic hydroxyl groups excluding tert-OH is 1. The minimum absolute atomic E-state index is 0.148. The fourth-order valence-corrected chi connectivity index (χ4v) is 3.67. The molecule has 0 radical (unpaired) electrons. The fourth-order valence-electron chi connectivity index (χ4n) is 1.44. The molecule has 17 heavy (non-hydrogen) atoms. The van der Waals surface area contributed by atoms with Crippen LogP contribution in [0, 0.1) is 6.92 Å². The van der Waals surface area contributed by atoms with E-state index in [1.54, 1.807) is 25.1 Å². The molecular weight excluding hydrogens is 328 g/mol. The molecule has 0 fully saturated rings. The van der Waals surface area contributed by atoms with Gasteiger partial charge in [-0.2, -0.15) is 0 Å². The Hall–Kier alpha value is -0.100. The lowest BCUT2D eigenvalue weighted by Gasteiger charge is -2.26. The van der Waals surface area contributed by atoms with Gasteiger partial charge in [-0.15, -0.1) is 0 Å². The van der Waals surface area contributed by atoms with Crippen molar-refractivity contribution in [1.29, 1.82) is 0 Å². The van der Waals surface area contributed by atoms with Crippen LogP contribution in [0.5, 0.6) is 0 Å². The molecule has 0 aromatic heterocycles. The quantitative estimate of drug-likeness (QED) is 0.857. The van der Waals surface area contributed by atoms with Gasteiger partial charge >= 0.3 is 0 Å². The topological polar surface area (TPSA) is 54.4 Å².